The number of hydrogen-bond acceptors (Lipinski definition) is 2. The summed E-state index contributed by atoms with van der Waals surface area (Å²) in [5.74, 6) is 1.94. The second kappa shape index (κ2) is 3.18. The van der Waals surface area contributed by atoms with E-state index in [0.29, 0.717) is 16.6 Å². The Morgan fingerprint density at radius 2 is 1.80 bits per heavy atom. The summed E-state index contributed by atoms with van der Waals surface area (Å²) in [5, 5.41) is 1.39. The molecule has 0 aliphatic rings. The third kappa shape index (κ3) is 1.26. The number of rotatable bonds is 0. The van der Waals surface area contributed by atoms with Crippen molar-refractivity contribution in [2.24, 2.45) is 0 Å². The second-order valence-corrected chi connectivity index (χ2v) is 4.28. The van der Waals surface area contributed by atoms with E-state index < -0.39 is 0 Å². The molecular formula is C12H7O2P. The van der Waals surface area contributed by atoms with Crippen LogP contribution in [0.5, 0.6) is 0 Å². The van der Waals surface area contributed by atoms with Crippen LogP contribution in [0.3, 0.4) is 0 Å². The monoisotopic (exact) mass is 214 g/mol. The number of benzene rings is 1. The minimum Gasteiger partial charge on any atom is -0.455 e. The van der Waals surface area contributed by atoms with Crippen LogP contribution in [0.2, 0.25) is 0 Å². The molecule has 72 valence electrons. The van der Waals surface area contributed by atoms with E-state index in [0.717, 1.165) is 13.3 Å². The minimum absolute atomic E-state index is 0.0779. The van der Waals surface area contributed by atoms with E-state index in [-0.39, 0.29) is 5.43 Å². The Labute approximate surface area is 87.3 Å². The molecule has 0 amide bonds. The van der Waals surface area contributed by atoms with Crippen LogP contribution >= 0.6 is 8.19 Å². The Morgan fingerprint density at radius 3 is 2.73 bits per heavy atom. The van der Waals surface area contributed by atoms with E-state index in [9.17, 15) is 4.79 Å². The molecule has 0 N–H and O–H groups in total. The normalized spacial score (nSPS) is 11.5. The van der Waals surface area contributed by atoms with Gasteiger partial charge in [0.1, 0.15) is 11.2 Å². The van der Waals surface area contributed by atoms with Crippen LogP contribution in [-0.2, 0) is 0 Å². The zero-order chi connectivity index (χ0) is 10.3. The van der Waals surface area contributed by atoms with Crippen molar-refractivity contribution in [3.8, 4) is 0 Å². The predicted octanol–water partition coefficient (Wildman–Crippen LogP) is 3.53. The summed E-state index contributed by atoms with van der Waals surface area (Å²) in [4.78, 5) is 12.1. The van der Waals surface area contributed by atoms with Crippen molar-refractivity contribution in [2.75, 3.05) is 0 Å². The van der Waals surface area contributed by atoms with Crippen LogP contribution < -0.4 is 5.43 Å². The van der Waals surface area contributed by atoms with Gasteiger partial charge in [-0.1, -0.05) is 26.4 Å². The molecule has 1 aromatic carbocycles. The standard InChI is InChI=1S/C12H7O2P/c13-11-8-4-1-2-5-9(8)14-10-6-3-7-15-12(10)11/h1-7H. The Bertz CT molecular complexity index is 643. The maximum Gasteiger partial charge on any atom is 0.205 e. The molecule has 0 saturated heterocycles. The Kier molecular flexibility index (Phi) is 1.83. The van der Waals surface area contributed by atoms with E-state index in [2.05, 4.69) is 0 Å². The van der Waals surface area contributed by atoms with E-state index >= 15 is 0 Å². The Morgan fingerprint density at radius 1 is 1.00 bits per heavy atom. The predicted molar refractivity (Wildman–Crippen MR) is 62.5 cm³/mol. The SMILES string of the molecule is O=c1c2ccccc2oc2cccpc12. The molecule has 15 heavy (non-hydrogen) atoms. The van der Waals surface area contributed by atoms with Crippen molar-refractivity contribution < 1.29 is 4.42 Å². The van der Waals surface area contributed by atoms with Gasteiger partial charge in [-0.3, -0.25) is 4.79 Å². The molecule has 2 nitrogen and oxygen atoms in total. The topological polar surface area (TPSA) is 30.2 Å². The molecule has 0 spiro atoms. The largest absolute Gasteiger partial charge is 0.455 e. The first-order valence-corrected chi connectivity index (χ1v) is 5.59. The van der Waals surface area contributed by atoms with Crippen LogP contribution in [0.4, 0.5) is 0 Å². The molecule has 3 aromatic rings. The van der Waals surface area contributed by atoms with Crippen LogP contribution in [0, 0.1) is 0 Å². The summed E-state index contributed by atoms with van der Waals surface area (Å²) in [6.07, 6.45) is 0. The van der Waals surface area contributed by atoms with E-state index in [1.165, 1.54) is 0 Å². The second-order valence-electron chi connectivity index (χ2n) is 3.28. The van der Waals surface area contributed by atoms with Gasteiger partial charge in [-0.25, -0.2) is 0 Å². The third-order valence-corrected chi connectivity index (χ3v) is 3.34. The molecule has 0 radical (unpaired) electrons. The highest BCUT2D eigenvalue weighted by Crippen LogP contribution is 2.23. The minimum atomic E-state index is 0.0779. The highest BCUT2D eigenvalue weighted by Gasteiger charge is 2.05. The maximum absolute atomic E-state index is 12.1. The average Bonchev–Trinajstić information content (AvgIpc) is 2.30. The van der Waals surface area contributed by atoms with Gasteiger partial charge in [0.05, 0.1) is 10.5 Å². The number of hydrogen-bond donors (Lipinski definition) is 0. The number of para-hydroxylation sites is 1. The quantitative estimate of drug-likeness (QED) is 0.536. The van der Waals surface area contributed by atoms with Crippen molar-refractivity contribution in [2.45, 2.75) is 0 Å². The molecule has 3 rings (SSSR count). The van der Waals surface area contributed by atoms with Crippen molar-refractivity contribution in [3.05, 3.63) is 52.4 Å². The smallest absolute Gasteiger partial charge is 0.205 e. The van der Waals surface area contributed by atoms with Crippen molar-refractivity contribution >= 4 is 29.9 Å². The lowest BCUT2D eigenvalue weighted by Crippen LogP contribution is -1.99. The van der Waals surface area contributed by atoms with Crippen LogP contribution in [0.15, 0.2) is 51.4 Å². The van der Waals surface area contributed by atoms with Gasteiger partial charge in [0.15, 0.2) is 0 Å². The van der Waals surface area contributed by atoms with Gasteiger partial charge in [0.2, 0.25) is 5.43 Å². The lowest BCUT2D eigenvalue weighted by molar-refractivity contribution is 0.661. The van der Waals surface area contributed by atoms with Gasteiger partial charge < -0.3 is 4.42 Å². The van der Waals surface area contributed by atoms with E-state index in [4.69, 9.17) is 4.42 Å². The molecule has 0 saturated carbocycles. The van der Waals surface area contributed by atoms with Gasteiger partial charge in [-0.05, 0) is 24.0 Å². The molecule has 0 bridgehead atoms. The van der Waals surface area contributed by atoms with Crippen molar-refractivity contribution in [1.29, 1.82) is 0 Å². The van der Waals surface area contributed by atoms with Gasteiger partial charge in [0, 0.05) is 0 Å². The molecule has 0 aliphatic heterocycles. The van der Waals surface area contributed by atoms with Crippen molar-refractivity contribution in [1.82, 2.24) is 0 Å². The molecule has 3 heteroatoms. The van der Waals surface area contributed by atoms with Crippen LogP contribution in [-0.4, -0.2) is 0 Å². The van der Waals surface area contributed by atoms with Gasteiger partial charge in [-0.15, -0.1) is 0 Å². The fraction of sp³-hybridized carbons (Fsp3) is 0. The van der Waals surface area contributed by atoms with Crippen molar-refractivity contribution in [3.63, 3.8) is 0 Å². The van der Waals surface area contributed by atoms with Gasteiger partial charge in [0.25, 0.3) is 0 Å². The fourth-order valence-corrected chi connectivity index (χ4v) is 2.44. The van der Waals surface area contributed by atoms with Crippen LogP contribution in [0.1, 0.15) is 0 Å². The maximum atomic E-state index is 12.1. The average molecular weight is 214 g/mol. The summed E-state index contributed by atoms with van der Waals surface area (Å²) in [7, 11) is 0.914. The lowest BCUT2D eigenvalue weighted by Gasteiger charge is -1.99. The lowest BCUT2D eigenvalue weighted by atomic mass is 10.2. The Hall–Kier alpha value is -1.66. The third-order valence-electron chi connectivity index (χ3n) is 2.34. The fourth-order valence-electron chi connectivity index (χ4n) is 1.63. The first kappa shape index (κ1) is 8.63. The van der Waals surface area contributed by atoms with Crippen LogP contribution in [0.25, 0.3) is 21.7 Å². The summed E-state index contributed by atoms with van der Waals surface area (Å²) >= 11 is 0. The van der Waals surface area contributed by atoms with Gasteiger partial charge >= 0.3 is 0 Å². The molecule has 0 fully saturated rings. The highest BCUT2D eigenvalue weighted by atomic mass is 31.0. The molecule has 0 aliphatic carbocycles. The highest BCUT2D eigenvalue weighted by molar-refractivity contribution is 7.35. The van der Waals surface area contributed by atoms with E-state index in [1.807, 2.05) is 36.1 Å². The summed E-state index contributed by atoms with van der Waals surface area (Å²) in [5.41, 5.74) is 1.42. The zero-order valence-electron chi connectivity index (χ0n) is 7.81. The zero-order valence-corrected chi connectivity index (χ0v) is 8.70. The molecule has 0 atom stereocenters. The summed E-state index contributed by atoms with van der Waals surface area (Å²) in [6, 6.07) is 11.1. The molecule has 0 unspecified atom stereocenters. The summed E-state index contributed by atoms with van der Waals surface area (Å²) in [6.45, 7) is 0. The first-order chi connectivity index (χ1) is 7.36. The molecule has 2 heterocycles. The Balaban J connectivity index is 2.66. The number of fused-ring (bicyclic) bond motifs is 2. The summed E-state index contributed by atoms with van der Waals surface area (Å²) < 4.78 is 5.65. The van der Waals surface area contributed by atoms with Gasteiger partial charge in [-0.2, -0.15) is 0 Å². The first-order valence-electron chi connectivity index (χ1n) is 4.63. The van der Waals surface area contributed by atoms with E-state index in [1.54, 1.807) is 6.07 Å². The molecule has 2 aromatic heterocycles. The molecular weight excluding hydrogens is 207 g/mol.